The first-order valence-corrected chi connectivity index (χ1v) is 11.4. The van der Waals surface area contributed by atoms with E-state index in [1.807, 2.05) is 30.3 Å². The molecule has 1 aromatic heterocycles. The second kappa shape index (κ2) is 9.14. The summed E-state index contributed by atoms with van der Waals surface area (Å²) in [6.45, 7) is 1.80. The molecule has 1 atom stereocenters. The van der Waals surface area contributed by atoms with Crippen molar-refractivity contribution in [3.63, 3.8) is 0 Å². The fourth-order valence-electron chi connectivity index (χ4n) is 4.49. The number of hydrogen-bond donors (Lipinski definition) is 0. The smallest absolute Gasteiger partial charge is 0.297 e. The molecule has 3 aromatic carbocycles. The van der Waals surface area contributed by atoms with E-state index in [1.54, 1.807) is 67.2 Å². The van der Waals surface area contributed by atoms with E-state index >= 15 is 0 Å². The summed E-state index contributed by atoms with van der Waals surface area (Å²) in [7, 11) is 3.27. The molecular weight excluding hydrogens is 456 g/mol. The summed E-state index contributed by atoms with van der Waals surface area (Å²) >= 11 is 0. The van der Waals surface area contributed by atoms with Crippen LogP contribution < -0.4 is 15.2 Å². The van der Waals surface area contributed by atoms with E-state index < -0.39 is 17.7 Å². The molecule has 1 aliphatic rings. The zero-order valence-corrected chi connectivity index (χ0v) is 20.1. The minimum absolute atomic E-state index is 0.229. The van der Waals surface area contributed by atoms with Crippen molar-refractivity contribution in [3.05, 3.63) is 106 Å². The van der Waals surface area contributed by atoms with Gasteiger partial charge in [0.1, 0.15) is 11.7 Å². The van der Waals surface area contributed by atoms with Crippen LogP contribution in [0.1, 0.15) is 27.5 Å². The second-order valence-corrected chi connectivity index (χ2v) is 8.40. The fourth-order valence-corrected chi connectivity index (χ4v) is 4.49. The van der Waals surface area contributed by atoms with Crippen molar-refractivity contribution in [1.29, 1.82) is 0 Å². The van der Waals surface area contributed by atoms with Crippen molar-refractivity contribution >= 4 is 29.4 Å². The van der Waals surface area contributed by atoms with Crippen LogP contribution in [0, 0.1) is 6.92 Å². The van der Waals surface area contributed by atoms with Crippen LogP contribution in [-0.4, -0.2) is 34.5 Å². The highest BCUT2D eigenvalue weighted by atomic mass is 16.5. The van der Waals surface area contributed by atoms with Gasteiger partial charge in [0.15, 0.2) is 5.69 Å². The largest absolute Gasteiger partial charge is 0.495 e. The van der Waals surface area contributed by atoms with Gasteiger partial charge in [0.05, 0.1) is 24.2 Å². The minimum atomic E-state index is -0.868. The number of fused-ring (bicyclic) bond motifs is 1. The standard InChI is InChI=1S/C28H24N4O4/c1-18-25(28(35)32(30(18)2)19-11-5-4-6-12-19)29-17-22-20-13-7-8-14-21(20)26(33)31(27(22)34)23-15-9-10-16-24(23)36-3/h4-17,22H,1-3H3. The number of anilines is 1. The summed E-state index contributed by atoms with van der Waals surface area (Å²) in [5.74, 6) is -1.37. The summed E-state index contributed by atoms with van der Waals surface area (Å²) in [5.41, 5.74) is 2.57. The Bertz CT molecular complexity index is 1570. The molecule has 0 radical (unpaired) electrons. The summed E-state index contributed by atoms with van der Waals surface area (Å²) < 4.78 is 8.67. The quantitative estimate of drug-likeness (QED) is 0.317. The second-order valence-electron chi connectivity index (χ2n) is 8.40. The Labute approximate surface area is 207 Å². The molecule has 36 heavy (non-hydrogen) atoms. The third-order valence-corrected chi connectivity index (χ3v) is 6.42. The van der Waals surface area contributed by atoms with Crippen molar-refractivity contribution in [1.82, 2.24) is 9.36 Å². The first-order chi connectivity index (χ1) is 17.4. The SMILES string of the molecule is COc1ccccc1N1C(=O)c2ccccc2C(C=Nc2c(C)n(C)n(-c3ccccc3)c2=O)C1=O. The molecule has 0 saturated carbocycles. The molecule has 0 N–H and O–H groups in total. The minimum Gasteiger partial charge on any atom is -0.495 e. The Morgan fingerprint density at radius 2 is 1.56 bits per heavy atom. The Morgan fingerprint density at radius 3 is 2.31 bits per heavy atom. The highest BCUT2D eigenvalue weighted by Crippen LogP contribution is 2.36. The number of hydrogen-bond acceptors (Lipinski definition) is 5. The summed E-state index contributed by atoms with van der Waals surface area (Å²) in [6.07, 6.45) is 1.45. The molecule has 0 spiro atoms. The van der Waals surface area contributed by atoms with Gasteiger partial charge in [-0.15, -0.1) is 0 Å². The molecule has 8 nitrogen and oxygen atoms in total. The van der Waals surface area contributed by atoms with Gasteiger partial charge in [-0.1, -0.05) is 48.5 Å². The van der Waals surface area contributed by atoms with Gasteiger partial charge in [0, 0.05) is 18.8 Å². The number of carbonyl (C=O) groups excluding carboxylic acids is 2. The van der Waals surface area contributed by atoms with Crippen LogP contribution in [0.5, 0.6) is 5.75 Å². The topological polar surface area (TPSA) is 85.9 Å². The molecule has 180 valence electrons. The number of imide groups is 1. The van der Waals surface area contributed by atoms with Crippen LogP contribution in [0.15, 0.2) is 88.6 Å². The highest BCUT2D eigenvalue weighted by Gasteiger charge is 2.40. The van der Waals surface area contributed by atoms with Crippen LogP contribution in [-0.2, 0) is 11.8 Å². The van der Waals surface area contributed by atoms with Gasteiger partial charge >= 0.3 is 0 Å². The zero-order valence-electron chi connectivity index (χ0n) is 20.1. The van der Waals surface area contributed by atoms with E-state index in [2.05, 4.69) is 4.99 Å². The van der Waals surface area contributed by atoms with Gasteiger partial charge in [0.2, 0.25) is 5.91 Å². The van der Waals surface area contributed by atoms with Crippen molar-refractivity contribution in [2.75, 3.05) is 12.0 Å². The van der Waals surface area contributed by atoms with Gasteiger partial charge in [-0.05, 0) is 42.8 Å². The fraction of sp³-hybridized carbons (Fsp3) is 0.143. The molecule has 1 unspecified atom stereocenters. The molecule has 1 aliphatic heterocycles. The number of aromatic nitrogens is 2. The molecule has 0 saturated heterocycles. The number of para-hydroxylation sites is 3. The summed E-state index contributed by atoms with van der Waals surface area (Å²) in [4.78, 5) is 46.0. The summed E-state index contributed by atoms with van der Waals surface area (Å²) in [5, 5.41) is 0. The highest BCUT2D eigenvalue weighted by molar-refractivity contribution is 6.29. The number of ether oxygens (including phenoxy) is 1. The number of nitrogens with zero attached hydrogens (tertiary/aromatic N) is 4. The first kappa shape index (κ1) is 23.0. The van der Waals surface area contributed by atoms with Crippen LogP contribution >= 0.6 is 0 Å². The first-order valence-electron chi connectivity index (χ1n) is 11.4. The Kier molecular flexibility index (Phi) is 5.85. The van der Waals surface area contributed by atoms with Gasteiger partial charge in [-0.2, -0.15) is 0 Å². The third kappa shape index (κ3) is 3.63. The maximum Gasteiger partial charge on any atom is 0.297 e. The van der Waals surface area contributed by atoms with E-state index in [4.69, 9.17) is 4.74 Å². The van der Waals surface area contributed by atoms with Gasteiger partial charge in [-0.3, -0.25) is 24.1 Å². The normalized spacial score (nSPS) is 15.4. The Morgan fingerprint density at radius 1 is 0.889 bits per heavy atom. The number of amides is 2. The van der Waals surface area contributed by atoms with Crippen LogP contribution in [0.2, 0.25) is 0 Å². The number of methoxy groups -OCH3 is 1. The molecular formula is C28H24N4O4. The molecule has 2 amide bonds. The maximum absolute atomic E-state index is 13.7. The van der Waals surface area contributed by atoms with Crippen molar-refractivity contribution in [3.8, 4) is 11.4 Å². The van der Waals surface area contributed by atoms with E-state index in [-0.39, 0.29) is 11.2 Å². The van der Waals surface area contributed by atoms with Gasteiger partial charge < -0.3 is 4.74 Å². The zero-order chi connectivity index (χ0) is 25.4. The Balaban J connectivity index is 1.61. The van der Waals surface area contributed by atoms with Crippen molar-refractivity contribution in [2.45, 2.75) is 12.8 Å². The number of aliphatic imine (C=N–C) groups is 1. The lowest BCUT2D eigenvalue weighted by Crippen LogP contribution is -2.45. The molecule has 8 heteroatoms. The van der Waals surface area contributed by atoms with Gasteiger partial charge in [-0.25, -0.2) is 9.58 Å². The molecule has 2 heterocycles. The average Bonchev–Trinajstić information content (AvgIpc) is 3.12. The molecule has 0 bridgehead atoms. The number of carbonyl (C=O) groups is 2. The van der Waals surface area contributed by atoms with E-state index in [0.29, 0.717) is 33.9 Å². The molecule has 0 fully saturated rings. The van der Waals surface area contributed by atoms with Crippen molar-refractivity contribution < 1.29 is 14.3 Å². The lowest BCUT2D eigenvalue weighted by atomic mass is 9.88. The van der Waals surface area contributed by atoms with E-state index in [1.165, 1.54) is 18.0 Å². The van der Waals surface area contributed by atoms with E-state index in [0.717, 1.165) is 4.90 Å². The monoisotopic (exact) mass is 480 g/mol. The predicted molar refractivity (Wildman–Crippen MR) is 138 cm³/mol. The van der Waals surface area contributed by atoms with E-state index in [9.17, 15) is 14.4 Å². The predicted octanol–water partition coefficient (Wildman–Crippen LogP) is 4.17. The Hall–Kier alpha value is -4.72. The van der Waals surface area contributed by atoms with Crippen molar-refractivity contribution in [2.24, 2.45) is 12.0 Å². The summed E-state index contributed by atoms with van der Waals surface area (Å²) in [6, 6.07) is 23.1. The van der Waals surface area contributed by atoms with Crippen LogP contribution in [0.4, 0.5) is 11.4 Å². The molecule has 4 aromatic rings. The maximum atomic E-state index is 13.7. The van der Waals surface area contributed by atoms with Gasteiger partial charge in [0.25, 0.3) is 11.5 Å². The van der Waals surface area contributed by atoms with Crippen LogP contribution in [0.25, 0.3) is 5.69 Å². The molecule has 5 rings (SSSR count). The number of benzene rings is 3. The number of rotatable bonds is 5. The lowest BCUT2D eigenvalue weighted by Gasteiger charge is -2.31. The average molecular weight is 481 g/mol. The third-order valence-electron chi connectivity index (χ3n) is 6.42. The van der Waals surface area contributed by atoms with Crippen LogP contribution in [0.3, 0.4) is 0 Å². The lowest BCUT2D eigenvalue weighted by molar-refractivity contribution is -0.118. The molecule has 0 aliphatic carbocycles.